The van der Waals surface area contributed by atoms with Crippen molar-refractivity contribution in [2.75, 3.05) is 40.3 Å². The number of aryl methyl sites for hydroxylation is 1. The lowest BCUT2D eigenvalue weighted by Gasteiger charge is -2.36. The maximum absolute atomic E-state index is 14.8. The molecular weight excluding hydrogens is 954 g/mol. The molecule has 2 heterocycles. The van der Waals surface area contributed by atoms with Crippen LogP contribution < -0.4 is 15.4 Å². The minimum Gasteiger partial charge on any atom is -0.481 e. The number of ether oxygens (including phenoxy) is 2. The Bertz CT molecular complexity index is 2660. The third kappa shape index (κ3) is 14.3. The highest BCUT2D eigenvalue weighted by Crippen LogP contribution is 2.40. The second kappa shape index (κ2) is 24.3. The molecule has 14 nitrogen and oxygen atoms in total. The molecule has 0 radical (unpaired) electrons. The Labute approximate surface area is 434 Å². The molecule has 384 valence electrons. The normalized spacial score (nSPS) is 16.4. The number of benzene rings is 4. The van der Waals surface area contributed by atoms with Gasteiger partial charge in [-0.05, 0) is 144 Å². The second-order valence-electron chi connectivity index (χ2n) is 20.3. The van der Waals surface area contributed by atoms with Crippen molar-refractivity contribution in [2.45, 2.75) is 109 Å². The first-order valence-corrected chi connectivity index (χ1v) is 25.6. The first kappa shape index (κ1) is 54.0. The molecule has 1 aromatic heterocycles. The van der Waals surface area contributed by atoms with E-state index in [4.69, 9.17) is 37.7 Å². The Kier molecular flexibility index (Phi) is 18.2. The highest BCUT2D eigenvalue weighted by Gasteiger charge is 2.39. The van der Waals surface area contributed by atoms with Crippen molar-refractivity contribution in [1.82, 2.24) is 34.9 Å². The molecule has 1 saturated heterocycles. The molecule has 3 amide bonds. The second-order valence-corrected chi connectivity index (χ2v) is 21.1. The van der Waals surface area contributed by atoms with Crippen molar-refractivity contribution in [2.24, 2.45) is 13.0 Å². The number of imidazole rings is 1. The highest BCUT2D eigenvalue weighted by molar-refractivity contribution is 6.31. The number of likely N-dealkylation sites (N-methyl/N-ethyl adjacent to an activating group) is 2. The Balaban J connectivity index is 1.03. The Morgan fingerprint density at radius 1 is 0.917 bits per heavy atom. The van der Waals surface area contributed by atoms with E-state index in [1.807, 2.05) is 101 Å². The zero-order chi connectivity index (χ0) is 51.7. The van der Waals surface area contributed by atoms with Crippen LogP contribution in [0.15, 0.2) is 97.2 Å². The quantitative estimate of drug-likeness (QED) is 0.0612. The molecule has 5 atom stereocenters. The van der Waals surface area contributed by atoms with Gasteiger partial charge in [0.2, 0.25) is 17.7 Å². The zero-order valence-electron chi connectivity index (χ0n) is 42.5. The van der Waals surface area contributed by atoms with Crippen LogP contribution in [-0.2, 0) is 56.9 Å². The smallest absolute Gasteiger partial charge is 0.304 e. The summed E-state index contributed by atoms with van der Waals surface area (Å²) in [7, 11) is 5.36. The maximum Gasteiger partial charge on any atom is 0.304 e. The number of aliphatic carboxylic acids is 1. The number of carbonyl (C=O) groups excluding carboxylic acids is 3. The van der Waals surface area contributed by atoms with Crippen LogP contribution in [0.5, 0.6) is 11.5 Å². The lowest BCUT2D eigenvalue weighted by Crippen LogP contribution is -2.57. The largest absolute Gasteiger partial charge is 0.481 e. The summed E-state index contributed by atoms with van der Waals surface area (Å²) in [6.07, 6.45) is 5.82. The molecule has 16 heteroatoms. The fourth-order valence-electron chi connectivity index (χ4n) is 9.68. The van der Waals surface area contributed by atoms with Gasteiger partial charge in [-0.1, -0.05) is 65.7 Å². The van der Waals surface area contributed by atoms with E-state index >= 15 is 0 Å². The van der Waals surface area contributed by atoms with Gasteiger partial charge in [-0.2, -0.15) is 0 Å². The van der Waals surface area contributed by atoms with E-state index in [-0.39, 0.29) is 37.9 Å². The first-order chi connectivity index (χ1) is 34.3. The summed E-state index contributed by atoms with van der Waals surface area (Å²) in [5.41, 5.74) is 5.15. The van der Waals surface area contributed by atoms with Crippen molar-refractivity contribution in [3.63, 3.8) is 0 Å². The SMILES string of the molecule is C[C@H](NCc1ccc(Cl)cc1Oc1ccc(-c2cnc(CN3CCCC3)n2C)cc1)C(=O)N[C@@H](COC(C)(C)C)C(=O)N(C)[C@H](Cc1ccc(Cl)cc1)CN(C)C(=O)[C@@H](CC(=O)O)[C@H]1CCc2ccccc21. The average molecular weight is 1020 g/mol. The van der Waals surface area contributed by atoms with Gasteiger partial charge >= 0.3 is 5.97 Å². The van der Waals surface area contributed by atoms with Crippen LogP contribution in [0.2, 0.25) is 10.0 Å². The number of carboxylic acids is 1. The molecule has 0 spiro atoms. The molecule has 7 rings (SSSR count). The number of nitrogens with zero attached hydrogens (tertiary/aromatic N) is 5. The van der Waals surface area contributed by atoms with Crippen LogP contribution in [0.4, 0.5) is 0 Å². The predicted octanol–water partition coefficient (Wildman–Crippen LogP) is 8.91. The van der Waals surface area contributed by atoms with Crippen LogP contribution in [-0.4, -0.2) is 117 Å². The fourth-order valence-corrected chi connectivity index (χ4v) is 9.97. The van der Waals surface area contributed by atoms with Crippen molar-refractivity contribution < 1.29 is 33.8 Å². The van der Waals surface area contributed by atoms with Gasteiger partial charge in [0.15, 0.2) is 0 Å². The number of nitrogens with one attached hydrogen (secondary N) is 2. The monoisotopic (exact) mass is 1020 g/mol. The van der Waals surface area contributed by atoms with Gasteiger partial charge in [-0.15, -0.1) is 0 Å². The highest BCUT2D eigenvalue weighted by atomic mass is 35.5. The number of carboxylic acid groups (broad SMARTS) is 1. The summed E-state index contributed by atoms with van der Waals surface area (Å²) >= 11 is 12.7. The predicted molar refractivity (Wildman–Crippen MR) is 281 cm³/mol. The number of likely N-dealkylation sites (tertiary alicyclic amines) is 1. The molecule has 2 aliphatic rings. The zero-order valence-corrected chi connectivity index (χ0v) is 44.0. The third-order valence-electron chi connectivity index (χ3n) is 13.9. The maximum atomic E-state index is 14.8. The Morgan fingerprint density at radius 2 is 1.61 bits per heavy atom. The molecule has 0 unspecified atom stereocenters. The van der Waals surface area contributed by atoms with Crippen LogP contribution in [0.1, 0.15) is 87.4 Å². The summed E-state index contributed by atoms with van der Waals surface area (Å²) in [6, 6.07) is 25.9. The van der Waals surface area contributed by atoms with E-state index < -0.39 is 47.4 Å². The van der Waals surface area contributed by atoms with Crippen molar-refractivity contribution in [3.8, 4) is 22.8 Å². The number of aromatic nitrogens is 2. The summed E-state index contributed by atoms with van der Waals surface area (Å²) < 4.78 is 14.7. The molecule has 72 heavy (non-hydrogen) atoms. The number of hydrogen-bond acceptors (Lipinski definition) is 9. The summed E-state index contributed by atoms with van der Waals surface area (Å²) in [5.74, 6) is -1.10. The van der Waals surface area contributed by atoms with Gasteiger partial charge in [0, 0.05) is 55.4 Å². The molecule has 5 aromatic rings. The standard InChI is InChI=1S/C56H69Cl2N7O7/c1-36(59-31-40-16-22-42(58)29-50(40)72-44-23-17-39(18-24-44)49-32-60-51(64(49)7)34-65-26-10-11-27-65)53(68)61-48(35-71-56(2,3)4)55(70)63(6)43(28-37-14-20-41(57)21-15-37)33-62(5)54(69)47(30-52(66)67)46-25-19-38-12-8-9-13-45(38)46/h8-9,12-18,20-24,29,32,36,43,46-48,59H,10-11,19,25-28,30-31,33-35H2,1-7H3,(H,61,68)(H,66,67)/t36-,43+,46-,47-,48-/m0/s1. The minimum atomic E-state index is -1.10. The van der Waals surface area contributed by atoms with Gasteiger partial charge in [0.1, 0.15) is 23.4 Å². The van der Waals surface area contributed by atoms with Gasteiger partial charge < -0.3 is 39.6 Å². The third-order valence-corrected chi connectivity index (χ3v) is 14.3. The molecule has 4 aromatic carbocycles. The Morgan fingerprint density at radius 3 is 2.31 bits per heavy atom. The Hall–Kier alpha value is -5.77. The van der Waals surface area contributed by atoms with E-state index in [2.05, 4.69) is 20.1 Å². The van der Waals surface area contributed by atoms with Crippen molar-refractivity contribution >= 4 is 46.9 Å². The molecule has 1 fully saturated rings. The van der Waals surface area contributed by atoms with E-state index in [0.29, 0.717) is 34.4 Å². The van der Waals surface area contributed by atoms with Gasteiger partial charge in [0.25, 0.3) is 0 Å². The number of amides is 3. The summed E-state index contributed by atoms with van der Waals surface area (Å²) in [5, 5.41) is 17.3. The molecule has 0 saturated carbocycles. The van der Waals surface area contributed by atoms with Gasteiger partial charge in [-0.25, -0.2) is 4.98 Å². The fraction of sp³-hybridized carbons (Fsp3) is 0.446. The molecule has 0 bridgehead atoms. The van der Waals surface area contributed by atoms with Crippen molar-refractivity contribution in [1.29, 1.82) is 0 Å². The first-order valence-electron chi connectivity index (χ1n) is 24.9. The molecule has 1 aliphatic carbocycles. The van der Waals surface area contributed by atoms with Crippen LogP contribution in [0, 0.1) is 5.92 Å². The minimum absolute atomic E-state index is 0.0900. The van der Waals surface area contributed by atoms with Gasteiger partial charge in [0.05, 0.1) is 55.1 Å². The topological polar surface area (TPSA) is 159 Å². The van der Waals surface area contributed by atoms with E-state index in [9.17, 15) is 24.3 Å². The number of hydrogen-bond donors (Lipinski definition) is 3. The molecule has 3 N–H and O–H groups in total. The number of carbonyl (C=O) groups is 4. The van der Waals surface area contributed by atoms with Gasteiger partial charge in [-0.3, -0.25) is 24.1 Å². The van der Waals surface area contributed by atoms with E-state index in [0.717, 1.165) is 65.4 Å². The molecule has 1 aliphatic heterocycles. The lowest BCUT2D eigenvalue weighted by atomic mass is 9.84. The number of rotatable bonds is 22. The number of halogens is 2. The number of fused-ring (bicyclic) bond motifs is 1. The van der Waals surface area contributed by atoms with E-state index in [1.54, 1.807) is 55.1 Å². The average Bonchev–Trinajstić information content (AvgIpc) is 4.12. The van der Waals surface area contributed by atoms with Crippen LogP contribution >= 0.6 is 23.2 Å². The van der Waals surface area contributed by atoms with Crippen molar-refractivity contribution in [3.05, 3.63) is 135 Å². The summed E-state index contributed by atoms with van der Waals surface area (Å²) in [6.45, 7) is 10.6. The van der Waals surface area contributed by atoms with Crippen LogP contribution in [0.3, 0.4) is 0 Å². The van der Waals surface area contributed by atoms with Crippen LogP contribution in [0.25, 0.3) is 11.3 Å². The van der Waals surface area contributed by atoms with E-state index in [1.165, 1.54) is 12.8 Å². The lowest BCUT2D eigenvalue weighted by molar-refractivity contribution is -0.146. The molecular formula is C56H69Cl2N7O7. The summed E-state index contributed by atoms with van der Waals surface area (Å²) in [4.78, 5) is 65.7.